The van der Waals surface area contributed by atoms with Gasteiger partial charge >= 0.3 is 0 Å². The van der Waals surface area contributed by atoms with Crippen LogP contribution in [0.4, 0.5) is 10.1 Å². The molecule has 0 saturated carbocycles. The van der Waals surface area contributed by atoms with Gasteiger partial charge in [-0.05, 0) is 6.07 Å². The van der Waals surface area contributed by atoms with Crippen molar-refractivity contribution in [2.24, 2.45) is 4.36 Å². The molecule has 13 heteroatoms. The maximum absolute atomic E-state index is 14.7. The molecule has 3 aromatic heterocycles. The van der Waals surface area contributed by atoms with Gasteiger partial charge in [0.15, 0.2) is 17.6 Å². The molecule has 0 amide bonds. The number of nitrogens with zero attached hydrogens (tertiary/aromatic N) is 4. The van der Waals surface area contributed by atoms with E-state index in [1.165, 1.54) is 24.8 Å². The molecular weight excluding hydrogens is 537 g/mol. The predicted octanol–water partition coefficient (Wildman–Crippen LogP) is 3.74. The Morgan fingerprint density at radius 3 is 2.53 bits per heavy atom. The normalized spacial score (nSPS) is 23.1. The van der Waals surface area contributed by atoms with Gasteiger partial charge in [-0.25, -0.2) is 13.6 Å². The van der Waals surface area contributed by atoms with Crippen LogP contribution in [-0.2, 0) is 19.2 Å². The van der Waals surface area contributed by atoms with Crippen LogP contribution in [0.15, 0.2) is 47.0 Å². The van der Waals surface area contributed by atoms with E-state index >= 15 is 0 Å². The summed E-state index contributed by atoms with van der Waals surface area (Å²) >= 11 is 6.53. The van der Waals surface area contributed by atoms with E-state index in [0.717, 1.165) is 0 Å². The number of imidazole rings is 1. The Morgan fingerprint density at radius 2 is 1.82 bits per heavy atom. The van der Waals surface area contributed by atoms with Gasteiger partial charge in [-0.1, -0.05) is 35.9 Å². The summed E-state index contributed by atoms with van der Waals surface area (Å²) in [6, 6.07) is 10.1. The fourth-order valence-electron chi connectivity index (χ4n) is 4.57. The van der Waals surface area contributed by atoms with Crippen LogP contribution >= 0.6 is 11.6 Å². The van der Waals surface area contributed by atoms with Crippen LogP contribution in [0.5, 0.6) is 6.01 Å². The molecule has 10 nitrogen and oxygen atoms in total. The van der Waals surface area contributed by atoms with Crippen LogP contribution in [0.1, 0.15) is 0 Å². The summed E-state index contributed by atoms with van der Waals surface area (Å²) in [6.07, 6.45) is 2.48. The second-order valence-electron chi connectivity index (χ2n) is 9.43. The molecule has 4 atom stereocenters. The highest BCUT2D eigenvalue weighted by Crippen LogP contribution is 2.33. The van der Waals surface area contributed by atoms with Gasteiger partial charge in [0.1, 0.15) is 24.0 Å². The first-order valence-electron chi connectivity index (χ1n) is 11.7. The number of aromatic nitrogens is 4. The van der Waals surface area contributed by atoms with Gasteiger partial charge in [-0.3, -0.25) is 4.98 Å². The van der Waals surface area contributed by atoms with Gasteiger partial charge in [-0.2, -0.15) is 9.35 Å². The molecule has 6 rings (SSSR count). The monoisotopic (exact) mass is 559 g/mol. The Kier molecular flexibility index (Phi) is 6.31. The van der Waals surface area contributed by atoms with E-state index in [1.54, 1.807) is 30.3 Å². The summed E-state index contributed by atoms with van der Waals surface area (Å²) in [5.41, 5.74) is 3.12. The van der Waals surface area contributed by atoms with E-state index in [0.29, 0.717) is 33.0 Å². The quantitative estimate of drug-likeness (QED) is 0.378. The molecule has 0 aliphatic carbocycles. The lowest BCUT2D eigenvalue weighted by Gasteiger charge is -2.15. The van der Waals surface area contributed by atoms with Crippen molar-refractivity contribution in [1.29, 1.82) is 0 Å². The number of benzene rings is 1. The van der Waals surface area contributed by atoms with E-state index < -0.39 is 33.9 Å². The van der Waals surface area contributed by atoms with Crippen LogP contribution in [0.25, 0.3) is 33.7 Å². The molecule has 2 N–H and O–H groups in total. The van der Waals surface area contributed by atoms with Crippen molar-refractivity contribution in [1.82, 2.24) is 19.9 Å². The summed E-state index contributed by atoms with van der Waals surface area (Å²) < 4.78 is 47.7. The van der Waals surface area contributed by atoms with Gasteiger partial charge in [-0.15, -0.1) is 0 Å². The number of pyridine rings is 2. The predicted molar refractivity (Wildman–Crippen MR) is 140 cm³/mol. The maximum atomic E-state index is 14.7. The summed E-state index contributed by atoms with van der Waals surface area (Å²) in [6.45, 7) is 0.485. The highest BCUT2D eigenvalue weighted by atomic mass is 35.5. The Balaban J connectivity index is 1.24. The van der Waals surface area contributed by atoms with Crippen molar-refractivity contribution >= 4 is 38.2 Å². The molecule has 2 aliphatic heterocycles. The van der Waals surface area contributed by atoms with Crippen LogP contribution in [0.2, 0.25) is 5.02 Å². The second kappa shape index (κ2) is 9.54. The zero-order chi connectivity index (χ0) is 26.6. The number of hydrogen-bond acceptors (Lipinski definition) is 9. The summed E-state index contributed by atoms with van der Waals surface area (Å²) in [4.78, 5) is 16.3. The molecule has 2 saturated heterocycles. The zero-order valence-electron chi connectivity index (χ0n) is 20.3. The topological polar surface area (TPSA) is 132 Å². The summed E-state index contributed by atoms with van der Waals surface area (Å²) in [5, 5.41) is 10.3. The molecule has 0 spiro atoms. The third kappa shape index (κ3) is 4.85. The molecular formula is C25H23ClFN5O5S. The SMILES string of the molecule is CS(C)(=O)=Nc1cnc(-c2ccc(-c3nc4nc(O[C@@H]5CO[C@H]6[C@@H]5OC[C@H]6O)[nH]c4cc3Cl)cc2)c(F)c1. The number of fused-ring (bicyclic) bond motifs is 2. The minimum atomic E-state index is -2.42. The van der Waals surface area contributed by atoms with Gasteiger partial charge < -0.3 is 24.3 Å². The zero-order valence-corrected chi connectivity index (χ0v) is 21.9. The molecule has 0 radical (unpaired) electrons. The first kappa shape index (κ1) is 25.1. The number of nitrogens with one attached hydrogen (secondary N) is 1. The molecule has 1 aromatic carbocycles. The Bertz CT molecular complexity index is 1650. The van der Waals surface area contributed by atoms with Crippen LogP contribution < -0.4 is 4.74 Å². The Labute approximate surface area is 222 Å². The van der Waals surface area contributed by atoms with E-state index in [2.05, 4.69) is 24.3 Å². The van der Waals surface area contributed by atoms with Crippen molar-refractivity contribution in [3.8, 4) is 28.5 Å². The number of H-pyrrole nitrogens is 1. The van der Waals surface area contributed by atoms with Gasteiger partial charge in [0.25, 0.3) is 6.01 Å². The van der Waals surface area contributed by atoms with Crippen LogP contribution in [-0.4, -0.2) is 79.4 Å². The van der Waals surface area contributed by atoms with Gasteiger partial charge in [0.2, 0.25) is 0 Å². The average Bonchev–Trinajstić information content (AvgIpc) is 3.54. The van der Waals surface area contributed by atoms with Gasteiger partial charge in [0.05, 0.1) is 41.3 Å². The lowest BCUT2D eigenvalue weighted by atomic mass is 10.1. The van der Waals surface area contributed by atoms with Crippen LogP contribution in [0.3, 0.4) is 0 Å². The number of aromatic amines is 1. The van der Waals surface area contributed by atoms with E-state index in [1.807, 2.05) is 0 Å². The molecule has 0 bridgehead atoms. The highest BCUT2D eigenvalue weighted by molar-refractivity contribution is 7.92. The first-order chi connectivity index (χ1) is 18.1. The lowest BCUT2D eigenvalue weighted by molar-refractivity contribution is 0.00706. The fraction of sp³-hybridized carbons (Fsp3) is 0.320. The second-order valence-corrected chi connectivity index (χ2v) is 12.4. The molecule has 4 aromatic rings. The third-order valence-corrected chi connectivity index (χ3v) is 7.17. The molecule has 0 unspecified atom stereocenters. The van der Waals surface area contributed by atoms with Crippen LogP contribution in [0, 0.1) is 5.82 Å². The number of hydrogen-bond donors (Lipinski definition) is 2. The number of aliphatic hydroxyl groups is 1. The minimum Gasteiger partial charge on any atom is -0.456 e. The highest BCUT2D eigenvalue weighted by Gasteiger charge is 2.48. The van der Waals surface area contributed by atoms with Crippen molar-refractivity contribution in [2.75, 3.05) is 25.7 Å². The van der Waals surface area contributed by atoms with E-state index in [4.69, 9.17) is 25.8 Å². The van der Waals surface area contributed by atoms with Gasteiger partial charge in [0, 0.05) is 39.4 Å². The number of halogens is 2. The maximum Gasteiger partial charge on any atom is 0.296 e. The molecule has 198 valence electrons. The largest absolute Gasteiger partial charge is 0.456 e. The Hall–Kier alpha value is -3.16. The van der Waals surface area contributed by atoms with Crippen molar-refractivity contribution < 1.29 is 27.9 Å². The summed E-state index contributed by atoms with van der Waals surface area (Å²) in [5.74, 6) is -0.569. The standard InChI is InChI=1S/C25H23ClFN5O5S/c1-38(2,34)32-14-7-16(27)21(28-9-14)13-5-3-12(4-6-13)20-15(26)8-17-24(30-20)31-25(29-17)37-19-11-36-22-18(33)10-35-23(19)22/h3-9,18-19,22-23,33H,10-11H2,1-2H3,(H,29,30,31)/t18-,19-,22-,23-/m1/s1. The molecule has 5 heterocycles. The third-order valence-electron chi connectivity index (χ3n) is 6.23. The Morgan fingerprint density at radius 1 is 1.11 bits per heavy atom. The van der Waals surface area contributed by atoms with E-state index in [9.17, 15) is 13.7 Å². The van der Waals surface area contributed by atoms with E-state index in [-0.39, 0.29) is 36.7 Å². The lowest BCUT2D eigenvalue weighted by Crippen LogP contribution is -2.34. The number of rotatable bonds is 5. The number of aliphatic hydroxyl groups excluding tert-OH is 1. The molecule has 38 heavy (non-hydrogen) atoms. The molecule has 2 aliphatic rings. The summed E-state index contributed by atoms with van der Waals surface area (Å²) in [7, 11) is -2.42. The van der Waals surface area contributed by atoms with Crippen molar-refractivity contribution in [3.63, 3.8) is 0 Å². The minimum absolute atomic E-state index is 0.148. The number of ether oxygens (including phenoxy) is 3. The average molecular weight is 560 g/mol. The molecule has 2 fully saturated rings. The van der Waals surface area contributed by atoms with Crippen molar-refractivity contribution in [2.45, 2.75) is 24.4 Å². The van der Waals surface area contributed by atoms with Crippen molar-refractivity contribution in [3.05, 3.63) is 53.4 Å². The first-order valence-corrected chi connectivity index (χ1v) is 14.4. The fourth-order valence-corrected chi connectivity index (χ4v) is 5.44. The smallest absolute Gasteiger partial charge is 0.296 e.